The lowest BCUT2D eigenvalue weighted by Crippen LogP contribution is -2.39. The number of thiocarbonyl (C=S) groups is 1. The summed E-state index contributed by atoms with van der Waals surface area (Å²) in [6.45, 7) is 4.82. The van der Waals surface area contributed by atoms with Gasteiger partial charge in [-0.15, -0.1) is 0 Å². The van der Waals surface area contributed by atoms with Gasteiger partial charge < -0.3 is 4.74 Å². The predicted molar refractivity (Wildman–Crippen MR) is 156 cm³/mol. The van der Waals surface area contributed by atoms with Crippen molar-refractivity contribution >= 4 is 50.1 Å². The molecule has 0 saturated carbocycles. The summed E-state index contributed by atoms with van der Waals surface area (Å²) in [5.41, 5.74) is 4.31. The molecule has 10 heteroatoms. The van der Waals surface area contributed by atoms with Gasteiger partial charge in [0.1, 0.15) is 15.8 Å². The van der Waals surface area contributed by atoms with Crippen LogP contribution in [-0.2, 0) is 14.6 Å². The van der Waals surface area contributed by atoms with Gasteiger partial charge in [0.15, 0.2) is 9.84 Å². The van der Waals surface area contributed by atoms with E-state index in [2.05, 4.69) is 6.92 Å². The number of benzene rings is 2. The summed E-state index contributed by atoms with van der Waals surface area (Å²) < 4.78 is 32.2. The van der Waals surface area contributed by atoms with Crippen LogP contribution in [-0.4, -0.2) is 57.5 Å². The standard InChI is InChI=1S/C28H29N3O4S3/c1-3-4-13-35-24-11-10-20(15-19(24)2)26-21(17-30(29-26)22-8-6-5-7-9-22)16-25-27(32)31(28(36)37-25)23-12-14-38(33,34)18-23/h5-11,15-17,23H,3-4,12-14,18H2,1-2H3/b25-16-/t23-/m1/s1. The van der Waals surface area contributed by atoms with E-state index in [0.717, 1.165) is 46.7 Å². The SMILES string of the molecule is CCCCOc1ccc(-c2nn(-c3ccccc3)cc2/C=C2\SC(=S)N([C@@H]3CCS(=O)(=O)C3)C2=O)cc1C. The third-order valence-electron chi connectivity index (χ3n) is 6.65. The van der Waals surface area contributed by atoms with Gasteiger partial charge in [-0.25, -0.2) is 13.1 Å². The van der Waals surface area contributed by atoms with Crippen LogP contribution in [0.25, 0.3) is 23.0 Å². The molecular formula is C28H29N3O4S3. The minimum Gasteiger partial charge on any atom is -0.493 e. The van der Waals surface area contributed by atoms with E-state index in [1.165, 1.54) is 16.7 Å². The van der Waals surface area contributed by atoms with Crippen LogP contribution in [0.1, 0.15) is 37.3 Å². The lowest BCUT2D eigenvalue weighted by molar-refractivity contribution is -0.123. The third kappa shape index (κ3) is 5.57. The maximum atomic E-state index is 13.4. The largest absolute Gasteiger partial charge is 0.493 e. The molecule has 1 amide bonds. The number of thioether (sulfide) groups is 1. The summed E-state index contributed by atoms with van der Waals surface area (Å²) in [4.78, 5) is 15.3. The van der Waals surface area contributed by atoms with Crippen LogP contribution in [0.5, 0.6) is 5.75 Å². The number of hydrogen-bond donors (Lipinski definition) is 0. The molecule has 0 aliphatic carbocycles. The zero-order valence-corrected chi connectivity index (χ0v) is 23.7. The molecule has 0 unspecified atom stereocenters. The normalized spacial score (nSPS) is 20.0. The Bertz CT molecular complexity index is 1510. The van der Waals surface area contributed by atoms with Crippen molar-refractivity contribution in [2.45, 2.75) is 39.2 Å². The average molecular weight is 568 g/mol. The van der Waals surface area contributed by atoms with Gasteiger partial charge in [0, 0.05) is 17.3 Å². The molecule has 38 heavy (non-hydrogen) atoms. The Balaban J connectivity index is 1.51. The van der Waals surface area contributed by atoms with Gasteiger partial charge >= 0.3 is 0 Å². The summed E-state index contributed by atoms with van der Waals surface area (Å²) in [6, 6.07) is 15.4. The van der Waals surface area contributed by atoms with E-state index < -0.39 is 15.9 Å². The van der Waals surface area contributed by atoms with Gasteiger partial charge in [0.2, 0.25) is 0 Å². The highest BCUT2D eigenvalue weighted by Gasteiger charge is 2.42. The van der Waals surface area contributed by atoms with Crippen LogP contribution >= 0.6 is 24.0 Å². The van der Waals surface area contributed by atoms with Crippen molar-refractivity contribution in [3.05, 3.63) is 70.8 Å². The molecule has 2 aliphatic rings. The van der Waals surface area contributed by atoms with Crippen LogP contribution in [0.4, 0.5) is 0 Å². The van der Waals surface area contributed by atoms with Gasteiger partial charge in [0.25, 0.3) is 5.91 Å². The number of para-hydroxylation sites is 1. The number of rotatable bonds is 8. The molecule has 5 rings (SSSR count). The second kappa shape index (κ2) is 11.0. The van der Waals surface area contributed by atoms with Crippen LogP contribution < -0.4 is 4.74 Å². The van der Waals surface area contributed by atoms with Gasteiger partial charge in [-0.1, -0.05) is 55.5 Å². The Morgan fingerprint density at radius 3 is 2.68 bits per heavy atom. The maximum absolute atomic E-state index is 13.4. The smallest absolute Gasteiger partial charge is 0.266 e. The van der Waals surface area contributed by atoms with E-state index in [1.807, 2.05) is 67.7 Å². The van der Waals surface area contributed by atoms with E-state index in [4.69, 9.17) is 22.1 Å². The Labute approximate surface area is 232 Å². The molecule has 2 saturated heterocycles. The fourth-order valence-corrected chi connectivity index (χ4v) is 7.72. The number of hydrogen-bond acceptors (Lipinski definition) is 7. The van der Waals surface area contributed by atoms with E-state index in [0.29, 0.717) is 22.3 Å². The first-order chi connectivity index (χ1) is 18.3. The molecule has 7 nitrogen and oxygen atoms in total. The molecule has 0 N–H and O–H groups in total. The molecule has 198 valence electrons. The second-order valence-corrected chi connectivity index (χ2v) is 13.4. The van der Waals surface area contributed by atoms with Crippen molar-refractivity contribution in [1.82, 2.24) is 14.7 Å². The van der Waals surface area contributed by atoms with Gasteiger partial charge in [0.05, 0.1) is 34.7 Å². The van der Waals surface area contributed by atoms with Crippen molar-refractivity contribution in [3.63, 3.8) is 0 Å². The number of ether oxygens (including phenoxy) is 1. The lowest BCUT2D eigenvalue weighted by Gasteiger charge is -2.20. The molecule has 2 aromatic carbocycles. The molecular weight excluding hydrogens is 539 g/mol. The highest BCUT2D eigenvalue weighted by atomic mass is 32.2. The summed E-state index contributed by atoms with van der Waals surface area (Å²) in [6.07, 6.45) is 6.19. The van der Waals surface area contributed by atoms with Gasteiger partial charge in [-0.3, -0.25) is 9.69 Å². The lowest BCUT2D eigenvalue weighted by atomic mass is 10.0. The summed E-state index contributed by atoms with van der Waals surface area (Å²) >= 11 is 6.71. The first-order valence-corrected chi connectivity index (χ1v) is 15.7. The van der Waals surface area contributed by atoms with Gasteiger partial charge in [-0.05, 0) is 61.7 Å². The number of carbonyl (C=O) groups excluding carboxylic acids is 1. The van der Waals surface area contributed by atoms with Crippen molar-refractivity contribution in [2.24, 2.45) is 0 Å². The topological polar surface area (TPSA) is 81.5 Å². The number of unbranched alkanes of at least 4 members (excludes halogenated alkanes) is 1. The highest BCUT2D eigenvalue weighted by molar-refractivity contribution is 8.26. The van der Waals surface area contributed by atoms with Crippen LogP contribution in [0.2, 0.25) is 0 Å². The summed E-state index contributed by atoms with van der Waals surface area (Å²) in [7, 11) is -3.15. The minimum absolute atomic E-state index is 0.0458. The maximum Gasteiger partial charge on any atom is 0.266 e. The molecule has 2 aliphatic heterocycles. The Morgan fingerprint density at radius 1 is 1.21 bits per heavy atom. The molecule has 3 aromatic rings. The summed E-state index contributed by atoms with van der Waals surface area (Å²) in [5.74, 6) is 0.629. The molecule has 0 radical (unpaired) electrons. The van der Waals surface area contributed by atoms with Gasteiger partial charge in [-0.2, -0.15) is 5.10 Å². The van der Waals surface area contributed by atoms with E-state index in [1.54, 1.807) is 4.68 Å². The Hall–Kier alpha value is -2.95. The molecule has 1 atom stereocenters. The number of aromatic nitrogens is 2. The zero-order chi connectivity index (χ0) is 26.9. The molecule has 3 heterocycles. The molecule has 0 bridgehead atoms. The second-order valence-electron chi connectivity index (χ2n) is 9.50. The number of sulfone groups is 1. The monoisotopic (exact) mass is 567 g/mol. The van der Waals surface area contributed by atoms with Crippen LogP contribution in [0, 0.1) is 6.92 Å². The number of nitrogens with zero attached hydrogens (tertiary/aromatic N) is 3. The third-order valence-corrected chi connectivity index (χ3v) is 9.73. The Kier molecular flexibility index (Phi) is 7.74. The van der Waals surface area contributed by atoms with E-state index >= 15 is 0 Å². The number of aryl methyl sites for hydroxylation is 1. The molecule has 2 fully saturated rings. The molecule has 0 spiro atoms. The predicted octanol–water partition coefficient (Wildman–Crippen LogP) is 5.41. The fraction of sp³-hybridized carbons (Fsp3) is 0.321. The quantitative estimate of drug-likeness (QED) is 0.204. The zero-order valence-electron chi connectivity index (χ0n) is 21.3. The average Bonchev–Trinajstić information content (AvgIpc) is 3.55. The van der Waals surface area contributed by atoms with E-state index in [-0.39, 0.29) is 17.4 Å². The minimum atomic E-state index is -3.15. The number of amides is 1. The van der Waals surface area contributed by atoms with Crippen molar-refractivity contribution in [3.8, 4) is 22.7 Å². The van der Waals surface area contributed by atoms with Crippen LogP contribution in [0.3, 0.4) is 0 Å². The van der Waals surface area contributed by atoms with Crippen molar-refractivity contribution in [2.75, 3.05) is 18.1 Å². The Morgan fingerprint density at radius 2 is 2.00 bits per heavy atom. The first kappa shape index (κ1) is 26.6. The fourth-order valence-electron chi connectivity index (χ4n) is 4.63. The van der Waals surface area contributed by atoms with Crippen molar-refractivity contribution in [1.29, 1.82) is 0 Å². The number of carbonyl (C=O) groups is 1. The van der Waals surface area contributed by atoms with Crippen LogP contribution in [0.15, 0.2) is 59.6 Å². The highest BCUT2D eigenvalue weighted by Crippen LogP contribution is 2.38. The van der Waals surface area contributed by atoms with Crippen molar-refractivity contribution < 1.29 is 17.9 Å². The summed E-state index contributed by atoms with van der Waals surface area (Å²) in [5, 5.41) is 4.88. The molecule has 1 aromatic heterocycles. The first-order valence-electron chi connectivity index (χ1n) is 12.6. The van der Waals surface area contributed by atoms with E-state index in [9.17, 15) is 13.2 Å².